The summed E-state index contributed by atoms with van der Waals surface area (Å²) < 4.78 is 34.3. The minimum absolute atomic E-state index is 0.0219. The van der Waals surface area contributed by atoms with Gasteiger partial charge in [-0.1, -0.05) is 36.4 Å². The summed E-state index contributed by atoms with van der Waals surface area (Å²) in [5, 5.41) is 9.84. The van der Waals surface area contributed by atoms with E-state index in [2.05, 4.69) is 17.0 Å². The van der Waals surface area contributed by atoms with E-state index in [-0.39, 0.29) is 17.8 Å². The lowest BCUT2D eigenvalue weighted by Crippen LogP contribution is -2.31. The molecule has 0 saturated carbocycles. The third kappa shape index (κ3) is 4.16. The number of cyclic esters (lactones) is 1. The lowest BCUT2D eigenvalue weighted by molar-refractivity contribution is -0.113. The van der Waals surface area contributed by atoms with Gasteiger partial charge >= 0.3 is 6.09 Å². The van der Waals surface area contributed by atoms with Crippen molar-refractivity contribution >= 4 is 17.4 Å². The van der Waals surface area contributed by atoms with Gasteiger partial charge in [-0.2, -0.15) is 0 Å². The van der Waals surface area contributed by atoms with Crippen molar-refractivity contribution in [3.8, 4) is 0 Å². The maximum Gasteiger partial charge on any atom is 0.417 e. The molecule has 7 heteroatoms. The van der Waals surface area contributed by atoms with Crippen molar-refractivity contribution in [2.75, 3.05) is 24.5 Å². The molecule has 2 heterocycles. The fourth-order valence-electron chi connectivity index (χ4n) is 3.78. The minimum Gasteiger partial charge on any atom is -0.415 e. The predicted molar refractivity (Wildman–Crippen MR) is 105 cm³/mol. The average molecular weight is 400 g/mol. The van der Waals surface area contributed by atoms with Crippen LogP contribution in [0, 0.1) is 11.6 Å². The molecule has 29 heavy (non-hydrogen) atoms. The van der Waals surface area contributed by atoms with Gasteiger partial charge in [0.1, 0.15) is 11.6 Å². The molecular weight excluding hydrogens is 378 g/mol. The summed E-state index contributed by atoms with van der Waals surface area (Å²) in [6.07, 6.45) is 1.54. The summed E-state index contributed by atoms with van der Waals surface area (Å²) in [5.74, 6) is -3.15. The van der Waals surface area contributed by atoms with Gasteiger partial charge in [0.05, 0.1) is 12.2 Å². The van der Waals surface area contributed by atoms with E-state index in [1.165, 1.54) is 12.5 Å². The molecule has 1 amide bonds. The van der Waals surface area contributed by atoms with E-state index in [4.69, 9.17) is 4.74 Å². The Hall–Kier alpha value is -2.77. The Morgan fingerprint density at radius 3 is 2.41 bits per heavy atom. The number of hydrogen-bond acceptors (Lipinski definition) is 4. The standard InChI is InChI=1S/C22H22F2N2O3/c1-22(28)14-26(21(27)29-22)17-11-18(23)20(19(24)12-17)16-7-9-25(10-8-16)13-15-5-3-2-4-6-15/h2-7,11-12,28H,8-10,13-14H2,1H3/t22-/m1/s1. The molecular formula is C22H22F2N2O3. The summed E-state index contributed by atoms with van der Waals surface area (Å²) in [6, 6.07) is 12.3. The second-order valence-corrected chi connectivity index (χ2v) is 7.61. The molecule has 0 spiro atoms. The first-order valence-electron chi connectivity index (χ1n) is 9.50. The minimum atomic E-state index is -1.68. The predicted octanol–water partition coefficient (Wildman–Crippen LogP) is 3.92. The zero-order valence-corrected chi connectivity index (χ0v) is 16.1. The molecule has 0 bridgehead atoms. The second kappa shape index (κ2) is 7.57. The summed E-state index contributed by atoms with van der Waals surface area (Å²) in [4.78, 5) is 15.1. The van der Waals surface area contributed by atoms with Gasteiger partial charge in [-0.3, -0.25) is 9.80 Å². The Balaban J connectivity index is 1.51. The van der Waals surface area contributed by atoms with E-state index in [1.807, 2.05) is 24.3 Å². The Morgan fingerprint density at radius 2 is 1.86 bits per heavy atom. The monoisotopic (exact) mass is 400 g/mol. The molecule has 0 aliphatic carbocycles. The number of hydrogen-bond donors (Lipinski definition) is 1. The maximum atomic E-state index is 14.8. The van der Waals surface area contributed by atoms with Crippen molar-refractivity contribution < 1.29 is 23.4 Å². The van der Waals surface area contributed by atoms with Gasteiger partial charge in [0.2, 0.25) is 5.79 Å². The highest BCUT2D eigenvalue weighted by Crippen LogP contribution is 2.33. The van der Waals surface area contributed by atoms with E-state index in [0.29, 0.717) is 25.1 Å². The number of aliphatic hydroxyl groups is 1. The molecule has 2 aromatic carbocycles. The first-order chi connectivity index (χ1) is 13.8. The molecule has 1 saturated heterocycles. The summed E-state index contributed by atoms with van der Waals surface area (Å²) in [7, 11) is 0. The van der Waals surface area contributed by atoms with Crippen LogP contribution in [0.4, 0.5) is 19.3 Å². The lowest BCUT2D eigenvalue weighted by atomic mass is 9.97. The Bertz CT molecular complexity index is 937. The van der Waals surface area contributed by atoms with Crippen LogP contribution in [-0.4, -0.2) is 41.5 Å². The van der Waals surface area contributed by atoms with Crippen molar-refractivity contribution in [3.63, 3.8) is 0 Å². The highest BCUT2D eigenvalue weighted by Gasteiger charge is 2.41. The summed E-state index contributed by atoms with van der Waals surface area (Å²) in [5.41, 5.74) is 1.77. The molecule has 152 valence electrons. The molecule has 1 fully saturated rings. The summed E-state index contributed by atoms with van der Waals surface area (Å²) >= 11 is 0. The first kappa shape index (κ1) is 19.5. The van der Waals surface area contributed by atoms with Crippen LogP contribution in [0.5, 0.6) is 0 Å². The molecule has 1 atom stereocenters. The van der Waals surface area contributed by atoms with Gasteiger partial charge in [-0.15, -0.1) is 0 Å². The van der Waals surface area contributed by atoms with Crippen molar-refractivity contribution in [2.45, 2.75) is 25.7 Å². The number of β-amino-alcohol motifs (C(OH)–C–C–N with tert-alkyl or cyclic N) is 1. The number of carbonyl (C=O) groups excluding carboxylic acids is 1. The summed E-state index contributed by atoms with van der Waals surface area (Å²) in [6.45, 7) is 3.21. The van der Waals surface area contributed by atoms with Gasteiger partial charge in [-0.05, 0) is 29.7 Å². The van der Waals surface area contributed by atoms with Gasteiger partial charge in [-0.25, -0.2) is 13.6 Å². The van der Waals surface area contributed by atoms with Crippen LogP contribution in [-0.2, 0) is 11.3 Å². The third-order valence-corrected chi connectivity index (χ3v) is 5.18. The van der Waals surface area contributed by atoms with Crippen molar-refractivity contribution in [1.82, 2.24) is 4.90 Å². The number of anilines is 1. The van der Waals surface area contributed by atoms with Crippen molar-refractivity contribution in [3.05, 3.63) is 71.3 Å². The topological polar surface area (TPSA) is 53.0 Å². The smallest absolute Gasteiger partial charge is 0.415 e. The van der Waals surface area contributed by atoms with Crippen molar-refractivity contribution in [1.29, 1.82) is 0 Å². The molecule has 0 radical (unpaired) electrons. The fourth-order valence-corrected chi connectivity index (χ4v) is 3.78. The Kier molecular flexibility index (Phi) is 5.10. The van der Waals surface area contributed by atoms with Crippen LogP contribution >= 0.6 is 0 Å². The lowest BCUT2D eigenvalue weighted by Gasteiger charge is -2.27. The number of rotatable bonds is 4. The third-order valence-electron chi connectivity index (χ3n) is 5.18. The number of carbonyl (C=O) groups is 1. The molecule has 2 aromatic rings. The zero-order chi connectivity index (χ0) is 20.6. The van der Waals surface area contributed by atoms with E-state index in [9.17, 15) is 18.7 Å². The number of benzene rings is 2. The maximum absolute atomic E-state index is 14.8. The molecule has 1 N–H and O–H groups in total. The normalized spacial score (nSPS) is 22.6. The fraction of sp³-hybridized carbons (Fsp3) is 0.318. The van der Waals surface area contributed by atoms with Crippen LogP contribution in [0.1, 0.15) is 24.5 Å². The van der Waals surface area contributed by atoms with Crippen LogP contribution in [0.25, 0.3) is 5.57 Å². The molecule has 5 nitrogen and oxygen atoms in total. The molecule has 0 aromatic heterocycles. The number of ether oxygens (including phenoxy) is 1. The van der Waals surface area contributed by atoms with Crippen molar-refractivity contribution in [2.24, 2.45) is 0 Å². The first-order valence-corrected chi connectivity index (χ1v) is 9.50. The molecule has 4 rings (SSSR count). The highest BCUT2D eigenvalue weighted by molar-refractivity contribution is 5.90. The second-order valence-electron chi connectivity index (χ2n) is 7.61. The molecule has 0 unspecified atom stereocenters. The average Bonchev–Trinajstić information content (AvgIpc) is 2.96. The van der Waals surface area contributed by atoms with Crippen LogP contribution < -0.4 is 4.90 Å². The molecule has 2 aliphatic rings. The van der Waals surface area contributed by atoms with Gasteiger partial charge in [0.15, 0.2) is 0 Å². The Morgan fingerprint density at radius 1 is 1.17 bits per heavy atom. The number of halogens is 2. The van der Waals surface area contributed by atoms with E-state index >= 15 is 0 Å². The van der Waals surface area contributed by atoms with Gasteiger partial charge < -0.3 is 9.84 Å². The number of nitrogens with zero attached hydrogens (tertiary/aromatic N) is 2. The van der Waals surface area contributed by atoms with Crippen LogP contribution in [0.3, 0.4) is 0 Å². The van der Waals surface area contributed by atoms with E-state index in [0.717, 1.165) is 23.6 Å². The van der Waals surface area contributed by atoms with E-state index in [1.54, 1.807) is 0 Å². The van der Waals surface area contributed by atoms with E-state index < -0.39 is 23.5 Å². The van der Waals surface area contributed by atoms with Crippen LogP contribution in [0.2, 0.25) is 0 Å². The van der Waals surface area contributed by atoms with Crippen LogP contribution in [0.15, 0.2) is 48.5 Å². The number of amides is 1. The zero-order valence-electron chi connectivity index (χ0n) is 16.1. The SMILES string of the molecule is C[C@]1(O)CN(c2cc(F)c(C3=CCN(Cc4ccccc4)CC3)c(F)c2)C(=O)O1. The van der Waals surface area contributed by atoms with Gasteiger partial charge in [0.25, 0.3) is 0 Å². The Labute approximate surface area is 167 Å². The molecule has 2 aliphatic heterocycles. The van der Waals surface area contributed by atoms with Gasteiger partial charge in [0, 0.05) is 32.1 Å². The largest absolute Gasteiger partial charge is 0.417 e. The quantitative estimate of drug-likeness (QED) is 0.845. The highest BCUT2D eigenvalue weighted by atomic mass is 19.1.